The van der Waals surface area contributed by atoms with E-state index in [1.165, 1.54) is 43.5 Å². The lowest BCUT2D eigenvalue weighted by Gasteiger charge is -2.34. The normalized spacial score (nSPS) is 16.0. The average Bonchev–Trinajstić information content (AvgIpc) is 3.18. The van der Waals surface area contributed by atoms with Crippen molar-refractivity contribution in [3.63, 3.8) is 0 Å². The number of hydrogen-bond acceptors (Lipinski definition) is 3. The van der Waals surface area contributed by atoms with Crippen LogP contribution in [0.5, 0.6) is 0 Å². The third kappa shape index (κ3) is 4.71. The van der Waals surface area contributed by atoms with Gasteiger partial charge in [-0.05, 0) is 61.5 Å². The lowest BCUT2D eigenvalue weighted by molar-refractivity contribution is 0.605. The molecule has 9 rings (SSSR count). The van der Waals surface area contributed by atoms with Crippen molar-refractivity contribution in [1.29, 1.82) is 0 Å². The van der Waals surface area contributed by atoms with E-state index in [1.54, 1.807) is 0 Å². The molecule has 1 unspecified atom stereocenters. The zero-order valence-corrected chi connectivity index (χ0v) is 26.3. The van der Waals surface area contributed by atoms with Crippen LogP contribution in [0.25, 0.3) is 60.7 Å². The van der Waals surface area contributed by atoms with E-state index < -0.39 is 5.41 Å². The highest BCUT2D eigenvalue weighted by Gasteiger charge is 2.39. The van der Waals surface area contributed by atoms with E-state index in [-0.39, 0.29) is 0 Å². The summed E-state index contributed by atoms with van der Waals surface area (Å²) >= 11 is 0. The van der Waals surface area contributed by atoms with E-state index in [2.05, 4.69) is 140 Å². The Labute approximate surface area is 279 Å². The molecule has 1 aromatic heterocycles. The topological polar surface area (TPSA) is 38.7 Å². The molecular formula is C45H31N3. The number of aromatic nitrogens is 3. The minimum Gasteiger partial charge on any atom is -0.212 e. The Morgan fingerprint density at radius 1 is 0.417 bits per heavy atom. The Hall–Kier alpha value is -6.19. The smallest absolute Gasteiger partial charge is 0.163 e. The molecule has 0 bridgehead atoms. The first-order chi connectivity index (χ1) is 23.8. The zero-order chi connectivity index (χ0) is 31.9. The number of rotatable bonds is 5. The summed E-state index contributed by atoms with van der Waals surface area (Å²) in [5.41, 5.74) is 4.86. The first kappa shape index (κ1) is 28.1. The molecule has 1 aliphatic carbocycles. The zero-order valence-electron chi connectivity index (χ0n) is 26.3. The summed E-state index contributed by atoms with van der Waals surface area (Å²) in [6.07, 6.45) is 7.41. The standard InChI is InChI=1S/C45H31N3/c1-4-15-31(16-5-1)34-21-14-28-45(30-34,44-47-42(32-17-6-2-7-18-32)46-43(48-44)33-19-8-3-9-20-33)35-26-27-40-38-24-11-10-22-36(38)37-23-12-13-25-39(37)41(40)29-35/h1-29H,30H2. The van der Waals surface area contributed by atoms with Crippen molar-refractivity contribution in [3.05, 3.63) is 193 Å². The van der Waals surface area contributed by atoms with Crippen LogP contribution in [0.3, 0.4) is 0 Å². The third-order valence-corrected chi connectivity index (χ3v) is 9.65. The Balaban J connectivity index is 1.34. The van der Waals surface area contributed by atoms with Gasteiger partial charge < -0.3 is 0 Å². The van der Waals surface area contributed by atoms with E-state index in [4.69, 9.17) is 15.0 Å². The minimum atomic E-state index is -0.656. The fourth-order valence-electron chi connectivity index (χ4n) is 7.27. The first-order valence-electron chi connectivity index (χ1n) is 16.4. The van der Waals surface area contributed by atoms with Gasteiger partial charge >= 0.3 is 0 Å². The maximum absolute atomic E-state index is 5.32. The predicted molar refractivity (Wildman–Crippen MR) is 199 cm³/mol. The Morgan fingerprint density at radius 3 is 1.42 bits per heavy atom. The molecule has 3 nitrogen and oxygen atoms in total. The van der Waals surface area contributed by atoms with Gasteiger partial charge in [-0.2, -0.15) is 0 Å². The third-order valence-electron chi connectivity index (χ3n) is 9.65. The molecule has 1 heterocycles. The number of fused-ring (bicyclic) bond motifs is 6. The largest absolute Gasteiger partial charge is 0.212 e. The molecule has 0 fully saturated rings. The molecule has 8 aromatic rings. The van der Waals surface area contributed by atoms with Gasteiger partial charge in [0.05, 0.1) is 5.41 Å². The average molecular weight is 614 g/mol. The molecule has 0 saturated heterocycles. The molecule has 48 heavy (non-hydrogen) atoms. The van der Waals surface area contributed by atoms with Crippen LogP contribution in [0.2, 0.25) is 0 Å². The van der Waals surface area contributed by atoms with Gasteiger partial charge in [0, 0.05) is 11.1 Å². The summed E-state index contributed by atoms with van der Waals surface area (Å²) in [6, 6.07) is 55.6. The van der Waals surface area contributed by atoms with Gasteiger partial charge in [-0.15, -0.1) is 0 Å². The van der Waals surface area contributed by atoms with Gasteiger partial charge in [-0.25, -0.2) is 15.0 Å². The number of benzene rings is 7. The van der Waals surface area contributed by atoms with E-state index >= 15 is 0 Å². The monoisotopic (exact) mass is 613 g/mol. The van der Waals surface area contributed by atoms with Gasteiger partial charge in [-0.3, -0.25) is 0 Å². The van der Waals surface area contributed by atoms with Crippen molar-refractivity contribution in [1.82, 2.24) is 15.0 Å². The highest BCUT2D eigenvalue weighted by atomic mass is 15.0. The van der Waals surface area contributed by atoms with E-state index in [9.17, 15) is 0 Å². The molecule has 0 radical (unpaired) electrons. The highest BCUT2D eigenvalue weighted by Crippen LogP contribution is 2.46. The molecule has 0 amide bonds. The molecule has 7 aromatic carbocycles. The quantitative estimate of drug-likeness (QED) is 0.181. The summed E-state index contributed by atoms with van der Waals surface area (Å²) in [4.78, 5) is 15.7. The van der Waals surface area contributed by atoms with E-state index in [0.717, 1.165) is 22.5 Å². The molecule has 1 atom stereocenters. The molecule has 0 saturated carbocycles. The van der Waals surface area contributed by atoms with Crippen molar-refractivity contribution in [2.75, 3.05) is 0 Å². The second kappa shape index (κ2) is 11.6. The van der Waals surface area contributed by atoms with Gasteiger partial charge in [0.2, 0.25) is 0 Å². The van der Waals surface area contributed by atoms with Gasteiger partial charge in [0.1, 0.15) is 5.82 Å². The summed E-state index contributed by atoms with van der Waals surface area (Å²) in [6.45, 7) is 0. The van der Waals surface area contributed by atoms with Crippen molar-refractivity contribution in [3.8, 4) is 22.8 Å². The van der Waals surface area contributed by atoms with E-state index in [1.807, 2.05) is 36.4 Å². The summed E-state index contributed by atoms with van der Waals surface area (Å²) in [7, 11) is 0. The van der Waals surface area contributed by atoms with Crippen LogP contribution in [0.4, 0.5) is 0 Å². The Kier molecular flexibility index (Phi) is 6.76. The number of nitrogens with zero attached hydrogens (tertiary/aromatic N) is 3. The molecule has 3 heteroatoms. The molecule has 1 aliphatic rings. The van der Waals surface area contributed by atoms with Crippen molar-refractivity contribution >= 4 is 37.9 Å². The maximum Gasteiger partial charge on any atom is 0.163 e. The van der Waals surface area contributed by atoms with E-state index in [0.29, 0.717) is 18.1 Å². The van der Waals surface area contributed by atoms with Gasteiger partial charge in [-0.1, -0.05) is 170 Å². The van der Waals surface area contributed by atoms with Crippen LogP contribution in [0, 0.1) is 0 Å². The Morgan fingerprint density at radius 2 is 0.875 bits per heavy atom. The molecule has 226 valence electrons. The highest BCUT2D eigenvalue weighted by molar-refractivity contribution is 6.25. The Bertz CT molecular complexity index is 2430. The van der Waals surface area contributed by atoms with Crippen LogP contribution in [0.1, 0.15) is 23.4 Å². The van der Waals surface area contributed by atoms with Crippen LogP contribution < -0.4 is 0 Å². The fourth-order valence-corrected chi connectivity index (χ4v) is 7.27. The second-order valence-corrected chi connectivity index (χ2v) is 12.5. The molecule has 0 aliphatic heterocycles. The van der Waals surface area contributed by atoms with Crippen LogP contribution in [-0.2, 0) is 5.41 Å². The lowest BCUT2D eigenvalue weighted by atomic mass is 9.70. The first-order valence-corrected chi connectivity index (χ1v) is 16.4. The minimum absolute atomic E-state index is 0.656. The van der Waals surface area contributed by atoms with Crippen LogP contribution >= 0.6 is 0 Å². The van der Waals surface area contributed by atoms with Gasteiger partial charge in [0.15, 0.2) is 11.6 Å². The maximum atomic E-state index is 5.32. The second-order valence-electron chi connectivity index (χ2n) is 12.5. The molecule has 0 N–H and O–H groups in total. The molecule has 0 spiro atoms. The van der Waals surface area contributed by atoms with Crippen LogP contribution in [-0.4, -0.2) is 15.0 Å². The summed E-state index contributed by atoms with van der Waals surface area (Å²) < 4.78 is 0. The van der Waals surface area contributed by atoms with Crippen molar-refractivity contribution in [2.24, 2.45) is 0 Å². The van der Waals surface area contributed by atoms with Crippen LogP contribution in [0.15, 0.2) is 176 Å². The lowest BCUT2D eigenvalue weighted by Crippen LogP contribution is -2.30. The number of hydrogen-bond donors (Lipinski definition) is 0. The SMILES string of the molecule is C1=CC(c2ccc3c4ccccc4c4ccccc4c3c2)(c2nc(-c3ccccc3)nc(-c3ccccc3)n2)CC(c2ccccc2)=C1. The van der Waals surface area contributed by atoms with Crippen molar-refractivity contribution < 1.29 is 0 Å². The summed E-state index contributed by atoms with van der Waals surface area (Å²) in [5, 5.41) is 7.50. The summed E-state index contributed by atoms with van der Waals surface area (Å²) in [5.74, 6) is 2.07. The van der Waals surface area contributed by atoms with Crippen molar-refractivity contribution in [2.45, 2.75) is 11.8 Å². The molecular weight excluding hydrogens is 583 g/mol. The number of allylic oxidation sites excluding steroid dienone is 4. The fraction of sp³-hybridized carbons (Fsp3) is 0.0444. The van der Waals surface area contributed by atoms with Gasteiger partial charge in [0.25, 0.3) is 0 Å². The predicted octanol–water partition coefficient (Wildman–Crippen LogP) is 11.0.